The minimum atomic E-state index is -0.561. The van der Waals surface area contributed by atoms with Crippen molar-refractivity contribution < 1.29 is 9.84 Å². The van der Waals surface area contributed by atoms with Gasteiger partial charge in [0.05, 0.1) is 11.7 Å². The van der Waals surface area contributed by atoms with Crippen LogP contribution in [0.1, 0.15) is 31.7 Å². The molecule has 2 nitrogen and oxygen atoms in total. The monoisotopic (exact) mass is 288 g/mol. The minimum Gasteiger partial charge on any atom is -0.390 e. The summed E-state index contributed by atoms with van der Waals surface area (Å²) in [5.74, 6) is 0. The van der Waals surface area contributed by atoms with Crippen molar-refractivity contribution in [2.75, 3.05) is 6.61 Å². The van der Waals surface area contributed by atoms with E-state index in [0.29, 0.717) is 16.5 Å². The molecule has 1 N–H and O–H groups in total. The summed E-state index contributed by atoms with van der Waals surface area (Å²) in [6.45, 7) is 2.69. The Bertz CT molecular complexity index is 414. The molecule has 1 saturated heterocycles. The van der Waals surface area contributed by atoms with Crippen LogP contribution in [0, 0.1) is 0 Å². The Morgan fingerprint density at radius 3 is 2.83 bits per heavy atom. The van der Waals surface area contributed by atoms with Crippen LogP contribution < -0.4 is 0 Å². The van der Waals surface area contributed by atoms with Crippen molar-refractivity contribution in [3.63, 3.8) is 0 Å². The SMILES string of the molecule is CC1(C(O)Cc2cc(Cl)ccc2Cl)CCCCO1. The van der Waals surface area contributed by atoms with Gasteiger partial charge < -0.3 is 9.84 Å². The summed E-state index contributed by atoms with van der Waals surface area (Å²) in [6, 6.07) is 5.31. The van der Waals surface area contributed by atoms with Gasteiger partial charge in [0.25, 0.3) is 0 Å². The first-order valence-electron chi connectivity index (χ1n) is 6.27. The van der Waals surface area contributed by atoms with Crippen LogP contribution in [0.15, 0.2) is 18.2 Å². The molecule has 0 amide bonds. The maximum Gasteiger partial charge on any atom is 0.0915 e. The van der Waals surface area contributed by atoms with Crippen LogP contribution in [0.3, 0.4) is 0 Å². The predicted molar refractivity (Wildman–Crippen MR) is 74.4 cm³/mol. The van der Waals surface area contributed by atoms with E-state index in [9.17, 15) is 5.11 Å². The molecule has 2 atom stereocenters. The fraction of sp³-hybridized carbons (Fsp3) is 0.571. The quantitative estimate of drug-likeness (QED) is 0.915. The van der Waals surface area contributed by atoms with E-state index in [1.54, 1.807) is 18.2 Å². The lowest BCUT2D eigenvalue weighted by Gasteiger charge is -2.38. The van der Waals surface area contributed by atoms with E-state index in [2.05, 4.69) is 0 Å². The van der Waals surface area contributed by atoms with Gasteiger partial charge >= 0.3 is 0 Å². The van der Waals surface area contributed by atoms with E-state index in [0.717, 1.165) is 31.4 Å². The third-order valence-electron chi connectivity index (χ3n) is 3.63. The van der Waals surface area contributed by atoms with Crippen LogP contribution in [0.5, 0.6) is 0 Å². The molecule has 0 radical (unpaired) electrons. The first kappa shape index (κ1) is 14.1. The molecule has 1 fully saturated rings. The van der Waals surface area contributed by atoms with Gasteiger partial charge in [0.2, 0.25) is 0 Å². The summed E-state index contributed by atoms with van der Waals surface area (Å²) < 4.78 is 5.74. The van der Waals surface area contributed by atoms with Crippen molar-refractivity contribution in [3.05, 3.63) is 33.8 Å². The van der Waals surface area contributed by atoms with Gasteiger partial charge in [-0.2, -0.15) is 0 Å². The summed E-state index contributed by atoms with van der Waals surface area (Å²) in [7, 11) is 0. The molecule has 1 aliphatic heterocycles. The normalized spacial score (nSPS) is 26.0. The zero-order chi connectivity index (χ0) is 13.2. The van der Waals surface area contributed by atoms with Gasteiger partial charge in [-0.25, -0.2) is 0 Å². The number of hydrogen-bond acceptors (Lipinski definition) is 2. The Morgan fingerprint density at radius 2 is 2.17 bits per heavy atom. The molecule has 18 heavy (non-hydrogen) atoms. The molecule has 0 saturated carbocycles. The van der Waals surface area contributed by atoms with Gasteiger partial charge in [-0.3, -0.25) is 0 Å². The highest BCUT2D eigenvalue weighted by atomic mass is 35.5. The van der Waals surface area contributed by atoms with Gasteiger partial charge in [0.15, 0.2) is 0 Å². The third-order valence-corrected chi connectivity index (χ3v) is 4.23. The number of aliphatic hydroxyl groups excluding tert-OH is 1. The molecule has 0 aliphatic carbocycles. The van der Waals surface area contributed by atoms with Gasteiger partial charge in [0, 0.05) is 23.1 Å². The Balaban J connectivity index is 2.10. The number of rotatable bonds is 3. The highest BCUT2D eigenvalue weighted by Crippen LogP contribution is 2.31. The molecular weight excluding hydrogens is 271 g/mol. The van der Waals surface area contributed by atoms with Gasteiger partial charge in [-0.1, -0.05) is 23.2 Å². The third kappa shape index (κ3) is 3.18. The number of benzene rings is 1. The summed E-state index contributed by atoms with van der Waals surface area (Å²) in [5.41, 5.74) is 0.399. The molecule has 1 heterocycles. The summed E-state index contributed by atoms with van der Waals surface area (Å²) in [4.78, 5) is 0. The Hall–Kier alpha value is -0.280. The van der Waals surface area contributed by atoms with Crippen molar-refractivity contribution in [2.24, 2.45) is 0 Å². The fourth-order valence-electron chi connectivity index (χ4n) is 2.34. The molecule has 2 rings (SSSR count). The molecule has 0 aromatic heterocycles. The zero-order valence-corrected chi connectivity index (χ0v) is 12.0. The van der Waals surface area contributed by atoms with E-state index in [-0.39, 0.29) is 0 Å². The van der Waals surface area contributed by atoms with Crippen molar-refractivity contribution in [1.82, 2.24) is 0 Å². The predicted octanol–water partition coefficient (Wildman–Crippen LogP) is 3.86. The average molecular weight is 289 g/mol. The van der Waals surface area contributed by atoms with E-state index in [1.165, 1.54) is 0 Å². The van der Waals surface area contributed by atoms with Crippen LogP contribution >= 0.6 is 23.2 Å². The minimum absolute atomic E-state index is 0.468. The second-order valence-electron chi connectivity index (χ2n) is 5.07. The van der Waals surface area contributed by atoms with Crippen molar-refractivity contribution in [2.45, 2.75) is 44.3 Å². The van der Waals surface area contributed by atoms with Gasteiger partial charge in [-0.05, 0) is 49.9 Å². The number of aliphatic hydroxyl groups is 1. The number of ether oxygens (including phenoxy) is 1. The van der Waals surface area contributed by atoms with Crippen LogP contribution in [0.25, 0.3) is 0 Å². The smallest absolute Gasteiger partial charge is 0.0915 e. The van der Waals surface area contributed by atoms with Crippen LogP contribution in [-0.2, 0) is 11.2 Å². The largest absolute Gasteiger partial charge is 0.390 e. The van der Waals surface area contributed by atoms with E-state index >= 15 is 0 Å². The molecule has 4 heteroatoms. The van der Waals surface area contributed by atoms with Crippen LogP contribution in [0.4, 0.5) is 0 Å². The number of hydrogen-bond donors (Lipinski definition) is 1. The number of halogens is 2. The van der Waals surface area contributed by atoms with E-state index in [1.807, 2.05) is 6.92 Å². The highest BCUT2D eigenvalue weighted by Gasteiger charge is 2.35. The van der Waals surface area contributed by atoms with E-state index < -0.39 is 11.7 Å². The topological polar surface area (TPSA) is 29.5 Å². The van der Waals surface area contributed by atoms with Crippen molar-refractivity contribution in [3.8, 4) is 0 Å². The Kier molecular flexibility index (Phi) is 4.54. The van der Waals surface area contributed by atoms with Crippen LogP contribution in [-0.4, -0.2) is 23.4 Å². The highest BCUT2D eigenvalue weighted by molar-refractivity contribution is 6.33. The van der Waals surface area contributed by atoms with Crippen molar-refractivity contribution >= 4 is 23.2 Å². The molecular formula is C14H18Cl2O2. The molecule has 100 valence electrons. The summed E-state index contributed by atoms with van der Waals surface area (Å²) in [5, 5.41) is 11.6. The standard InChI is InChI=1S/C14H18Cl2O2/c1-14(6-2-3-7-18-14)13(17)9-10-8-11(15)4-5-12(10)16/h4-5,8,13,17H,2-3,6-7,9H2,1H3. The second-order valence-corrected chi connectivity index (χ2v) is 5.92. The first-order chi connectivity index (χ1) is 8.51. The lowest BCUT2D eigenvalue weighted by molar-refractivity contribution is -0.135. The zero-order valence-electron chi connectivity index (χ0n) is 10.5. The molecule has 0 spiro atoms. The maximum absolute atomic E-state index is 10.4. The van der Waals surface area contributed by atoms with Gasteiger partial charge in [0.1, 0.15) is 0 Å². The molecule has 0 bridgehead atoms. The van der Waals surface area contributed by atoms with Crippen LogP contribution in [0.2, 0.25) is 10.0 Å². The lowest BCUT2D eigenvalue weighted by atomic mass is 9.87. The molecule has 1 aliphatic rings. The maximum atomic E-state index is 10.4. The van der Waals surface area contributed by atoms with Gasteiger partial charge in [-0.15, -0.1) is 0 Å². The Morgan fingerprint density at radius 1 is 1.39 bits per heavy atom. The molecule has 2 unspecified atom stereocenters. The Labute approximate surface area is 118 Å². The fourth-order valence-corrected chi connectivity index (χ4v) is 2.73. The van der Waals surface area contributed by atoms with E-state index in [4.69, 9.17) is 27.9 Å². The molecule has 1 aromatic carbocycles. The van der Waals surface area contributed by atoms with Crippen molar-refractivity contribution in [1.29, 1.82) is 0 Å². The average Bonchev–Trinajstić information content (AvgIpc) is 2.35. The summed E-state index contributed by atoms with van der Waals surface area (Å²) in [6.07, 6.45) is 2.95. The first-order valence-corrected chi connectivity index (χ1v) is 7.03. The molecule has 1 aromatic rings. The summed E-state index contributed by atoms with van der Waals surface area (Å²) >= 11 is 12.1. The second kappa shape index (κ2) is 5.79. The lowest BCUT2D eigenvalue weighted by Crippen LogP contribution is -2.45.